The average Bonchev–Trinajstić information content (AvgIpc) is 2.27. The first kappa shape index (κ1) is 13.2. The first-order valence-electron chi connectivity index (χ1n) is 5.98. The van der Waals surface area contributed by atoms with Gasteiger partial charge in [0.2, 0.25) is 0 Å². The van der Waals surface area contributed by atoms with Crippen molar-refractivity contribution >= 4 is 23.2 Å². The summed E-state index contributed by atoms with van der Waals surface area (Å²) in [5, 5.41) is 1.39. The number of hydrogen-bond acceptors (Lipinski definition) is 2. The summed E-state index contributed by atoms with van der Waals surface area (Å²) in [6, 6.07) is 6.11. The zero-order chi connectivity index (χ0) is 12.4. The second-order valence-electron chi connectivity index (χ2n) is 4.77. The molecule has 0 radical (unpaired) electrons. The van der Waals surface area contributed by atoms with Crippen LogP contribution in [0.1, 0.15) is 24.4 Å². The highest BCUT2D eigenvalue weighted by atomic mass is 35.5. The van der Waals surface area contributed by atoms with Crippen LogP contribution in [0, 0.1) is 5.92 Å². The number of likely N-dealkylation sites (tertiary alicyclic amines) is 1. The van der Waals surface area contributed by atoms with E-state index in [1.165, 1.54) is 18.4 Å². The Morgan fingerprint density at radius 2 is 1.94 bits per heavy atom. The van der Waals surface area contributed by atoms with Crippen LogP contribution in [0.3, 0.4) is 0 Å². The van der Waals surface area contributed by atoms with Crippen LogP contribution in [0.25, 0.3) is 0 Å². The summed E-state index contributed by atoms with van der Waals surface area (Å²) in [6.07, 6.45) is 2.39. The van der Waals surface area contributed by atoms with Crippen LogP contribution in [-0.4, -0.2) is 25.0 Å². The maximum atomic E-state index is 6.07. The Labute approximate surface area is 113 Å². The Kier molecular flexibility index (Phi) is 4.31. The lowest BCUT2D eigenvalue weighted by molar-refractivity contribution is 0.125. The van der Waals surface area contributed by atoms with Gasteiger partial charge < -0.3 is 5.73 Å². The predicted molar refractivity (Wildman–Crippen MR) is 73.6 cm³/mol. The van der Waals surface area contributed by atoms with Crippen molar-refractivity contribution in [3.05, 3.63) is 33.8 Å². The van der Waals surface area contributed by atoms with Crippen LogP contribution in [0.15, 0.2) is 18.2 Å². The number of nitrogens with zero attached hydrogens (tertiary/aromatic N) is 1. The van der Waals surface area contributed by atoms with Gasteiger partial charge in [0, 0.05) is 16.1 Å². The van der Waals surface area contributed by atoms with Crippen molar-refractivity contribution < 1.29 is 0 Å². The van der Waals surface area contributed by atoms with Gasteiger partial charge in [-0.3, -0.25) is 4.90 Å². The van der Waals surface area contributed by atoms with Gasteiger partial charge in [-0.05, 0) is 62.7 Å². The van der Waals surface area contributed by atoms with E-state index < -0.39 is 0 Å². The third-order valence-corrected chi connectivity index (χ3v) is 3.97. The highest BCUT2D eigenvalue weighted by molar-refractivity contribution is 6.34. The number of nitrogens with two attached hydrogens (primary N) is 1. The van der Waals surface area contributed by atoms with Crippen molar-refractivity contribution in [2.45, 2.75) is 18.9 Å². The van der Waals surface area contributed by atoms with Crippen LogP contribution in [0.5, 0.6) is 0 Å². The Bertz CT molecular complexity index is 375. The fraction of sp³-hybridized carbons (Fsp3) is 0.538. The smallest absolute Gasteiger partial charge is 0.0424 e. The predicted octanol–water partition coefficient (Wildman–Crippen LogP) is 3.34. The van der Waals surface area contributed by atoms with E-state index in [1.807, 2.05) is 12.1 Å². The third kappa shape index (κ3) is 2.94. The largest absolute Gasteiger partial charge is 0.330 e. The molecule has 0 aromatic heterocycles. The van der Waals surface area contributed by atoms with E-state index in [1.54, 1.807) is 6.07 Å². The van der Waals surface area contributed by atoms with Crippen molar-refractivity contribution in [3.8, 4) is 0 Å². The minimum Gasteiger partial charge on any atom is -0.330 e. The molecule has 0 saturated carbocycles. The molecule has 4 heteroatoms. The van der Waals surface area contributed by atoms with Gasteiger partial charge in [0.1, 0.15) is 0 Å². The van der Waals surface area contributed by atoms with E-state index in [2.05, 4.69) is 11.9 Å². The minimum absolute atomic E-state index is 0.338. The lowest BCUT2D eigenvalue weighted by atomic mass is 9.85. The molecular formula is C13H18Cl2N2. The molecule has 1 fully saturated rings. The van der Waals surface area contributed by atoms with Gasteiger partial charge in [0.25, 0.3) is 0 Å². The quantitative estimate of drug-likeness (QED) is 0.895. The van der Waals surface area contributed by atoms with Gasteiger partial charge in [0.15, 0.2) is 0 Å². The molecule has 1 aromatic carbocycles. The van der Waals surface area contributed by atoms with Gasteiger partial charge >= 0.3 is 0 Å². The average molecular weight is 273 g/mol. The molecule has 2 N–H and O–H groups in total. The standard InChI is InChI=1S/C13H18Cl2N2/c1-17-4-2-3-9(8-16)13(17)10-5-11(14)7-12(15)6-10/h5-7,9,13H,2-4,8,16H2,1H3. The second-order valence-corrected chi connectivity index (χ2v) is 5.64. The monoisotopic (exact) mass is 272 g/mol. The van der Waals surface area contributed by atoms with E-state index in [0.29, 0.717) is 28.5 Å². The number of rotatable bonds is 2. The first-order valence-corrected chi connectivity index (χ1v) is 6.73. The summed E-state index contributed by atoms with van der Waals surface area (Å²) < 4.78 is 0. The summed E-state index contributed by atoms with van der Waals surface area (Å²) in [6.45, 7) is 1.81. The fourth-order valence-corrected chi connectivity index (χ4v) is 3.32. The molecule has 1 heterocycles. The van der Waals surface area contributed by atoms with Gasteiger partial charge in [0.05, 0.1) is 0 Å². The Balaban J connectivity index is 2.34. The summed E-state index contributed by atoms with van der Waals surface area (Å²) in [5.41, 5.74) is 7.06. The molecule has 94 valence electrons. The van der Waals surface area contributed by atoms with Crippen molar-refractivity contribution in [2.24, 2.45) is 11.7 Å². The number of piperidine rings is 1. The summed E-state index contributed by atoms with van der Waals surface area (Å²) in [5.74, 6) is 0.489. The first-order chi connectivity index (χ1) is 8.11. The molecule has 2 unspecified atom stereocenters. The molecule has 0 spiro atoms. The van der Waals surface area contributed by atoms with Crippen LogP contribution in [-0.2, 0) is 0 Å². The summed E-state index contributed by atoms with van der Waals surface area (Å²) in [4.78, 5) is 2.35. The van der Waals surface area contributed by atoms with Crippen LogP contribution in [0.4, 0.5) is 0 Å². The summed E-state index contributed by atoms with van der Waals surface area (Å²) >= 11 is 12.1. The van der Waals surface area contributed by atoms with Gasteiger partial charge in [-0.1, -0.05) is 23.2 Å². The van der Waals surface area contributed by atoms with Gasteiger partial charge in [-0.15, -0.1) is 0 Å². The van der Waals surface area contributed by atoms with Crippen LogP contribution >= 0.6 is 23.2 Å². The molecule has 2 rings (SSSR count). The van der Waals surface area contributed by atoms with Gasteiger partial charge in [-0.2, -0.15) is 0 Å². The number of halogens is 2. The molecule has 17 heavy (non-hydrogen) atoms. The molecule has 1 aliphatic rings. The normalized spacial score (nSPS) is 26.1. The highest BCUT2D eigenvalue weighted by Crippen LogP contribution is 2.36. The molecule has 1 saturated heterocycles. The lowest BCUT2D eigenvalue weighted by Crippen LogP contribution is -2.39. The zero-order valence-corrected chi connectivity index (χ0v) is 11.5. The molecule has 1 aliphatic heterocycles. The van der Waals surface area contributed by atoms with E-state index >= 15 is 0 Å². The minimum atomic E-state index is 0.338. The fourth-order valence-electron chi connectivity index (χ4n) is 2.78. The van der Waals surface area contributed by atoms with E-state index in [9.17, 15) is 0 Å². The van der Waals surface area contributed by atoms with E-state index in [4.69, 9.17) is 28.9 Å². The molecule has 0 bridgehead atoms. The summed E-state index contributed by atoms with van der Waals surface area (Å²) in [7, 11) is 2.14. The van der Waals surface area contributed by atoms with Gasteiger partial charge in [-0.25, -0.2) is 0 Å². The van der Waals surface area contributed by atoms with Crippen molar-refractivity contribution in [1.82, 2.24) is 4.90 Å². The topological polar surface area (TPSA) is 29.3 Å². The number of hydrogen-bond donors (Lipinski definition) is 1. The zero-order valence-electron chi connectivity index (χ0n) is 10.00. The number of benzene rings is 1. The van der Waals surface area contributed by atoms with Crippen molar-refractivity contribution in [3.63, 3.8) is 0 Å². The molecule has 0 amide bonds. The van der Waals surface area contributed by atoms with Crippen molar-refractivity contribution in [1.29, 1.82) is 0 Å². The highest BCUT2D eigenvalue weighted by Gasteiger charge is 2.29. The maximum absolute atomic E-state index is 6.07. The Hall–Kier alpha value is -0.280. The van der Waals surface area contributed by atoms with Crippen molar-refractivity contribution in [2.75, 3.05) is 20.1 Å². The molecule has 1 aromatic rings. The SMILES string of the molecule is CN1CCCC(CN)C1c1cc(Cl)cc(Cl)c1. The van der Waals surface area contributed by atoms with E-state index in [0.717, 1.165) is 6.54 Å². The maximum Gasteiger partial charge on any atom is 0.0424 e. The lowest BCUT2D eigenvalue weighted by Gasteiger charge is -2.39. The molecule has 2 nitrogen and oxygen atoms in total. The Morgan fingerprint density at radius 1 is 1.29 bits per heavy atom. The molecule has 2 atom stereocenters. The third-order valence-electron chi connectivity index (χ3n) is 3.54. The van der Waals surface area contributed by atoms with E-state index in [-0.39, 0.29) is 0 Å². The molecule has 0 aliphatic carbocycles. The van der Waals surface area contributed by atoms with Crippen LogP contribution in [0.2, 0.25) is 10.0 Å². The molecular weight excluding hydrogens is 255 g/mol. The Morgan fingerprint density at radius 3 is 2.53 bits per heavy atom. The van der Waals surface area contributed by atoms with Crippen LogP contribution < -0.4 is 5.73 Å². The second kappa shape index (κ2) is 5.57.